The lowest BCUT2D eigenvalue weighted by molar-refractivity contribution is 0.599. The second kappa shape index (κ2) is 11.3. The molecule has 0 aliphatic carbocycles. The number of guanidine groups is 1. The topological polar surface area (TPSA) is 70.6 Å². The van der Waals surface area contributed by atoms with E-state index in [0.717, 1.165) is 11.8 Å². The van der Waals surface area contributed by atoms with Crippen molar-refractivity contribution in [3.05, 3.63) is 70.8 Å². The van der Waals surface area contributed by atoms with Gasteiger partial charge in [0.05, 0.1) is 12.3 Å². The molecular formula is C19H24F2IN3O2S. The summed E-state index contributed by atoms with van der Waals surface area (Å²) in [6, 6.07) is 10.1. The molecule has 154 valence electrons. The molecule has 9 heteroatoms. The van der Waals surface area contributed by atoms with Gasteiger partial charge in [0, 0.05) is 19.3 Å². The van der Waals surface area contributed by atoms with Gasteiger partial charge in [-0.3, -0.25) is 0 Å². The molecule has 28 heavy (non-hydrogen) atoms. The Hall–Kier alpha value is -1.75. The van der Waals surface area contributed by atoms with Crippen molar-refractivity contribution in [1.82, 2.24) is 10.6 Å². The van der Waals surface area contributed by atoms with E-state index in [2.05, 4.69) is 15.6 Å². The monoisotopic (exact) mass is 523 g/mol. The number of aliphatic imine (C=N–C) groups is 1. The smallest absolute Gasteiger partial charge is 0.191 e. The van der Waals surface area contributed by atoms with Crippen LogP contribution in [0, 0.1) is 11.6 Å². The molecule has 0 saturated heterocycles. The van der Waals surface area contributed by atoms with E-state index in [1.165, 1.54) is 30.3 Å². The third-order valence-corrected chi connectivity index (χ3v) is 4.54. The number of nitrogens with zero attached hydrogens (tertiary/aromatic N) is 1. The van der Waals surface area contributed by atoms with Crippen LogP contribution in [0.1, 0.15) is 23.6 Å². The maximum absolute atomic E-state index is 13.6. The number of hydrogen-bond acceptors (Lipinski definition) is 3. The van der Waals surface area contributed by atoms with Gasteiger partial charge in [0.1, 0.15) is 11.6 Å². The number of sulfone groups is 1. The largest absolute Gasteiger partial charge is 0.357 e. The molecule has 2 aromatic rings. The van der Waals surface area contributed by atoms with Crippen LogP contribution in [0.2, 0.25) is 0 Å². The summed E-state index contributed by atoms with van der Waals surface area (Å²) in [7, 11) is -3.24. The lowest BCUT2D eigenvalue weighted by Gasteiger charge is -2.14. The van der Waals surface area contributed by atoms with Crippen molar-refractivity contribution in [2.45, 2.75) is 25.8 Å². The summed E-state index contributed by atoms with van der Waals surface area (Å²) in [5, 5.41) is 6.14. The van der Waals surface area contributed by atoms with Crippen molar-refractivity contribution in [2.24, 2.45) is 4.99 Å². The average molecular weight is 523 g/mol. The predicted octanol–water partition coefficient (Wildman–Crippen LogP) is 3.38. The first kappa shape index (κ1) is 24.3. The lowest BCUT2D eigenvalue weighted by Crippen LogP contribution is -2.37. The minimum atomic E-state index is -3.24. The first-order valence-corrected chi connectivity index (χ1v) is 10.5. The zero-order valence-electron chi connectivity index (χ0n) is 15.7. The van der Waals surface area contributed by atoms with Crippen LogP contribution in [-0.4, -0.2) is 27.2 Å². The van der Waals surface area contributed by atoms with Crippen LogP contribution in [0.3, 0.4) is 0 Å². The summed E-state index contributed by atoms with van der Waals surface area (Å²) in [4.78, 5) is 4.42. The number of nitrogens with one attached hydrogen (secondary N) is 2. The van der Waals surface area contributed by atoms with Gasteiger partial charge in [0.15, 0.2) is 15.8 Å². The Balaban J connectivity index is 0.00000392. The zero-order valence-corrected chi connectivity index (χ0v) is 18.9. The molecule has 2 rings (SSSR count). The SMILES string of the molecule is CCNC(=NCc1ccc(F)cc1)NCc1cc(F)ccc1CS(C)(=O)=O.I. The molecule has 5 nitrogen and oxygen atoms in total. The molecule has 0 aromatic heterocycles. The molecule has 0 amide bonds. The van der Waals surface area contributed by atoms with Crippen LogP contribution in [-0.2, 0) is 28.7 Å². The highest BCUT2D eigenvalue weighted by molar-refractivity contribution is 14.0. The summed E-state index contributed by atoms with van der Waals surface area (Å²) in [6.45, 7) is 3.09. The molecule has 0 aliphatic rings. The molecule has 0 heterocycles. The minimum Gasteiger partial charge on any atom is -0.357 e. The van der Waals surface area contributed by atoms with E-state index >= 15 is 0 Å². The Morgan fingerprint density at radius 1 is 1.00 bits per heavy atom. The first-order chi connectivity index (χ1) is 12.8. The van der Waals surface area contributed by atoms with Gasteiger partial charge < -0.3 is 10.6 Å². The molecule has 0 saturated carbocycles. The van der Waals surface area contributed by atoms with Crippen molar-refractivity contribution < 1.29 is 17.2 Å². The van der Waals surface area contributed by atoms with Gasteiger partial charge in [0.25, 0.3) is 0 Å². The molecule has 2 aromatic carbocycles. The summed E-state index contributed by atoms with van der Waals surface area (Å²) in [5.74, 6) is -0.404. The maximum Gasteiger partial charge on any atom is 0.191 e. The van der Waals surface area contributed by atoms with Crippen molar-refractivity contribution in [3.8, 4) is 0 Å². The fourth-order valence-electron chi connectivity index (χ4n) is 2.46. The Morgan fingerprint density at radius 3 is 2.25 bits per heavy atom. The van der Waals surface area contributed by atoms with Gasteiger partial charge in [-0.15, -0.1) is 24.0 Å². The molecule has 0 spiro atoms. The van der Waals surface area contributed by atoms with E-state index in [9.17, 15) is 17.2 Å². The highest BCUT2D eigenvalue weighted by Gasteiger charge is 2.11. The van der Waals surface area contributed by atoms with E-state index < -0.39 is 15.7 Å². The van der Waals surface area contributed by atoms with Crippen molar-refractivity contribution >= 4 is 39.8 Å². The lowest BCUT2D eigenvalue weighted by atomic mass is 10.1. The van der Waals surface area contributed by atoms with Crippen LogP contribution < -0.4 is 10.6 Å². The van der Waals surface area contributed by atoms with E-state index in [1.54, 1.807) is 12.1 Å². The minimum absolute atomic E-state index is 0. The Bertz CT molecular complexity index is 904. The van der Waals surface area contributed by atoms with Gasteiger partial charge in [-0.1, -0.05) is 18.2 Å². The normalized spacial score (nSPS) is 11.6. The molecule has 0 radical (unpaired) electrons. The highest BCUT2D eigenvalue weighted by atomic mass is 127. The quantitative estimate of drug-likeness (QED) is 0.332. The first-order valence-electron chi connectivity index (χ1n) is 8.48. The molecule has 2 N–H and O–H groups in total. The highest BCUT2D eigenvalue weighted by Crippen LogP contribution is 2.14. The average Bonchev–Trinajstić information content (AvgIpc) is 2.59. The van der Waals surface area contributed by atoms with Gasteiger partial charge in [-0.05, 0) is 47.9 Å². The van der Waals surface area contributed by atoms with Gasteiger partial charge in [-0.2, -0.15) is 0 Å². The summed E-state index contributed by atoms with van der Waals surface area (Å²) < 4.78 is 49.7. The molecule has 0 fully saturated rings. The molecule has 0 bridgehead atoms. The van der Waals surface area contributed by atoms with Gasteiger partial charge in [0.2, 0.25) is 0 Å². The van der Waals surface area contributed by atoms with Crippen molar-refractivity contribution in [1.29, 1.82) is 0 Å². The second-order valence-electron chi connectivity index (χ2n) is 6.16. The van der Waals surface area contributed by atoms with Crippen LogP contribution >= 0.6 is 24.0 Å². The maximum atomic E-state index is 13.6. The van der Waals surface area contributed by atoms with Crippen LogP contribution in [0.5, 0.6) is 0 Å². The Morgan fingerprint density at radius 2 is 1.64 bits per heavy atom. The summed E-state index contributed by atoms with van der Waals surface area (Å²) >= 11 is 0. The number of rotatable bonds is 7. The fourth-order valence-corrected chi connectivity index (χ4v) is 3.31. The van der Waals surface area contributed by atoms with Gasteiger partial charge >= 0.3 is 0 Å². The zero-order chi connectivity index (χ0) is 19.9. The Kier molecular flexibility index (Phi) is 9.80. The van der Waals surface area contributed by atoms with E-state index in [1.807, 2.05) is 6.92 Å². The van der Waals surface area contributed by atoms with E-state index in [-0.39, 0.29) is 42.1 Å². The van der Waals surface area contributed by atoms with Crippen LogP contribution in [0.15, 0.2) is 47.5 Å². The van der Waals surface area contributed by atoms with Crippen molar-refractivity contribution in [3.63, 3.8) is 0 Å². The predicted molar refractivity (Wildman–Crippen MR) is 118 cm³/mol. The summed E-state index contributed by atoms with van der Waals surface area (Å²) in [5.41, 5.74) is 1.94. The van der Waals surface area contributed by atoms with E-state index in [0.29, 0.717) is 30.2 Å². The van der Waals surface area contributed by atoms with Crippen LogP contribution in [0.25, 0.3) is 0 Å². The summed E-state index contributed by atoms with van der Waals surface area (Å²) in [6.07, 6.45) is 1.14. The van der Waals surface area contributed by atoms with Gasteiger partial charge in [-0.25, -0.2) is 22.2 Å². The molecule has 0 unspecified atom stereocenters. The number of halogens is 3. The van der Waals surface area contributed by atoms with Crippen LogP contribution in [0.4, 0.5) is 8.78 Å². The van der Waals surface area contributed by atoms with Crippen molar-refractivity contribution in [2.75, 3.05) is 12.8 Å². The molecule has 0 atom stereocenters. The second-order valence-corrected chi connectivity index (χ2v) is 8.30. The molecule has 0 aliphatic heterocycles. The Labute approximate surface area is 181 Å². The number of benzene rings is 2. The third-order valence-electron chi connectivity index (χ3n) is 3.71. The molecular weight excluding hydrogens is 499 g/mol. The fraction of sp³-hybridized carbons (Fsp3) is 0.316. The van der Waals surface area contributed by atoms with E-state index in [4.69, 9.17) is 0 Å². The standard InChI is InChI=1S/C19H23F2N3O2S.HI/c1-3-22-19(23-11-14-4-7-17(20)8-5-14)24-12-16-10-18(21)9-6-15(16)13-27(2,25)26;/h4-10H,3,11-13H2,1-2H3,(H2,22,23,24);1H. The third kappa shape index (κ3) is 8.51. The number of hydrogen-bond donors (Lipinski definition) is 2.